The number of ether oxygens (including phenoxy) is 1. The molecule has 4 heteroatoms. The van der Waals surface area contributed by atoms with Crippen molar-refractivity contribution in [3.8, 4) is 0 Å². The van der Waals surface area contributed by atoms with Crippen LogP contribution in [0.25, 0.3) is 0 Å². The van der Waals surface area contributed by atoms with Crippen LogP contribution >= 0.6 is 0 Å². The number of hydrogen-bond donors (Lipinski definition) is 1. The lowest BCUT2D eigenvalue weighted by Gasteiger charge is -2.25. The fourth-order valence-corrected chi connectivity index (χ4v) is 2.07. The van der Waals surface area contributed by atoms with E-state index < -0.39 is 0 Å². The maximum Gasteiger partial charge on any atom is 0.0670 e. The van der Waals surface area contributed by atoms with E-state index >= 15 is 0 Å². The van der Waals surface area contributed by atoms with E-state index in [1.54, 1.807) is 0 Å². The summed E-state index contributed by atoms with van der Waals surface area (Å²) in [6, 6.07) is 4.64. The number of nitrogens with two attached hydrogens (primary N) is 1. The summed E-state index contributed by atoms with van der Waals surface area (Å²) in [5.74, 6) is 0. The van der Waals surface area contributed by atoms with Gasteiger partial charge in [-0.2, -0.15) is 0 Å². The summed E-state index contributed by atoms with van der Waals surface area (Å²) in [6.45, 7) is 3.75. The first-order valence-electron chi connectivity index (χ1n) is 6.24. The van der Waals surface area contributed by atoms with Gasteiger partial charge in [0.1, 0.15) is 0 Å². The zero-order valence-corrected chi connectivity index (χ0v) is 10.6. The van der Waals surface area contributed by atoms with E-state index in [-0.39, 0.29) is 6.04 Å². The number of hydrogen-bond acceptors (Lipinski definition) is 4. The molecule has 1 fully saturated rings. The van der Waals surface area contributed by atoms with Crippen molar-refractivity contribution in [2.75, 3.05) is 25.2 Å². The smallest absolute Gasteiger partial charge is 0.0670 e. The molecule has 0 saturated carbocycles. The Bertz CT molecular complexity index is 346. The zero-order chi connectivity index (χ0) is 12.3. The number of aromatic nitrogens is 1. The Kier molecular flexibility index (Phi) is 3.97. The molecular weight excluding hydrogens is 214 g/mol. The van der Waals surface area contributed by atoms with Gasteiger partial charge in [-0.05, 0) is 25.0 Å². The molecule has 2 atom stereocenters. The highest BCUT2D eigenvalue weighted by Crippen LogP contribution is 2.20. The van der Waals surface area contributed by atoms with Gasteiger partial charge in [0, 0.05) is 19.7 Å². The average Bonchev–Trinajstić information content (AvgIpc) is 2.91. The third-order valence-corrected chi connectivity index (χ3v) is 3.45. The lowest BCUT2D eigenvalue weighted by atomic mass is 10.1. The Morgan fingerprint density at radius 1 is 1.59 bits per heavy atom. The van der Waals surface area contributed by atoms with E-state index in [4.69, 9.17) is 10.5 Å². The van der Waals surface area contributed by atoms with Crippen LogP contribution in [-0.4, -0.2) is 31.3 Å². The molecule has 1 aliphatic rings. The van der Waals surface area contributed by atoms with Gasteiger partial charge < -0.3 is 15.4 Å². The quantitative estimate of drug-likeness (QED) is 0.863. The van der Waals surface area contributed by atoms with Crippen molar-refractivity contribution >= 4 is 5.69 Å². The lowest BCUT2D eigenvalue weighted by Crippen LogP contribution is -2.31. The Labute approximate surface area is 103 Å². The highest BCUT2D eigenvalue weighted by Gasteiger charge is 2.20. The van der Waals surface area contributed by atoms with Gasteiger partial charge in [-0.15, -0.1) is 0 Å². The summed E-state index contributed by atoms with van der Waals surface area (Å²) in [5.41, 5.74) is 8.04. The van der Waals surface area contributed by atoms with Gasteiger partial charge in [-0.1, -0.05) is 6.92 Å². The van der Waals surface area contributed by atoms with Gasteiger partial charge in [-0.3, -0.25) is 4.98 Å². The molecular formula is C13H21N3O. The summed E-state index contributed by atoms with van der Waals surface area (Å²) >= 11 is 0. The molecule has 1 unspecified atom stereocenters. The maximum atomic E-state index is 5.95. The van der Waals surface area contributed by atoms with Crippen LogP contribution in [0.5, 0.6) is 0 Å². The zero-order valence-electron chi connectivity index (χ0n) is 10.6. The van der Waals surface area contributed by atoms with Crippen LogP contribution in [0.1, 0.15) is 31.5 Å². The number of pyridine rings is 1. The van der Waals surface area contributed by atoms with Gasteiger partial charge >= 0.3 is 0 Å². The Morgan fingerprint density at radius 3 is 2.94 bits per heavy atom. The van der Waals surface area contributed by atoms with Crippen molar-refractivity contribution < 1.29 is 4.74 Å². The molecule has 4 nitrogen and oxygen atoms in total. The summed E-state index contributed by atoms with van der Waals surface area (Å²) in [5, 5.41) is 0. The van der Waals surface area contributed by atoms with E-state index in [9.17, 15) is 0 Å². The monoisotopic (exact) mass is 235 g/mol. The van der Waals surface area contributed by atoms with Crippen LogP contribution < -0.4 is 10.6 Å². The molecule has 0 radical (unpaired) electrons. The largest absolute Gasteiger partial charge is 0.379 e. The fraction of sp³-hybridized carbons (Fsp3) is 0.615. The second-order valence-corrected chi connectivity index (χ2v) is 4.58. The van der Waals surface area contributed by atoms with E-state index in [0.717, 1.165) is 37.4 Å². The normalized spacial score (nSPS) is 21.5. The van der Waals surface area contributed by atoms with Crippen LogP contribution in [0.15, 0.2) is 18.3 Å². The number of likely N-dealkylation sites (N-methyl/N-ethyl adjacent to an activating group) is 1. The molecule has 1 saturated heterocycles. The van der Waals surface area contributed by atoms with Crippen molar-refractivity contribution in [1.29, 1.82) is 0 Å². The summed E-state index contributed by atoms with van der Waals surface area (Å²) in [6.07, 6.45) is 3.91. The molecule has 2 N–H and O–H groups in total. The van der Waals surface area contributed by atoms with Gasteiger partial charge in [0.05, 0.1) is 30.2 Å². The van der Waals surface area contributed by atoms with E-state index in [0.29, 0.717) is 6.04 Å². The van der Waals surface area contributed by atoms with Crippen LogP contribution in [0.4, 0.5) is 5.69 Å². The van der Waals surface area contributed by atoms with E-state index in [1.807, 2.05) is 12.3 Å². The van der Waals surface area contributed by atoms with Gasteiger partial charge in [0.25, 0.3) is 0 Å². The number of nitrogens with zero attached hydrogens (tertiary/aromatic N) is 2. The number of rotatable bonds is 4. The molecule has 2 rings (SSSR count). The molecule has 0 bridgehead atoms. The first-order valence-corrected chi connectivity index (χ1v) is 6.24. The average molecular weight is 235 g/mol. The minimum atomic E-state index is 0.0455. The maximum absolute atomic E-state index is 5.95. The van der Waals surface area contributed by atoms with E-state index in [1.165, 1.54) is 0 Å². The Morgan fingerprint density at radius 2 is 2.41 bits per heavy atom. The third-order valence-electron chi connectivity index (χ3n) is 3.45. The Hall–Kier alpha value is -1.13. The summed E-state index contributed by atoms with van der Waals surface area (Å²) < 4.78 is 5.40. The minimum absolute atomic E-state index is 0.0455. The van der Waals surface area contributed by atoms with Crippen LogP contribution in [0, 0.1) is 0 Å². The molecule has 0 spiro atoms. The van der Waals surface area contributed by atoms with E-state index in [2.05, 4.69) is 29.9 Å². The van der Waals surface area contributed by atoms with Crippen molar-refractivity contribution in [2.24, 2.45) is 5.73 Å². The number of anilines is 1. The highest BCUT2D eigenvalue weighted by atomic mass is 16.5. The minimum Gasteiger partial charge on any atom is -0.379 e. The standard InChI is InChI=1S/C13H21N3O/c1-3-12(14)13-5-4-10(8-15-13)16(2)11-6-7-17-9-11/h4-5,8,11-12H,3,6-7,9,14H2,1-2H3/t11?,12-/m0/s1. The molecule has 0 aliphatic carbocycles. The molecule has 1 aromatic rings. The highest BCUT2D eigenvalue weighted by molar-refractivity contribution is 5.45. The molecule has 17 heavy (non-hydrogen) atoms. The molecule has 2 heterocycles. The SMILES string of the molecule is CC[C@H](N)c1ccc(N(C)C2CCOC2)cn1. The first kappa shape index (κ1) is 12.3. The van der Waals surface area contributed by atoms with Crippen molar-refractivity contribution in [3.63, 3.8) is 0 Å². The molecule has 94 valence electrons. The second kappa shape index (κ2) is 5.47. The summed E-state index contributed by atoms with van der Waals surface area (Å²) in [7, 11) is 2.09. The second-order valence-electron chi connectivity index (χ2n) is 4.58. The van der Waals surface area contributed by atoms with Crippen LogP contribution in [0.3, 0.4) is 0 Å². The fourth-order valence-electron chi connectivity index (χ4n) is 2.07. The molecule has 0 aromatic carbocycles. The van der Waals surface area contributed by atoms with Crippen molar-refractivity contribution in [2.45, 2.75) is 31.8 Å². The van der Waals surface area contributed by atoms with Crippen LogP contribution in [0.2, 0.25) is 0 Å². The first-order chi connectivity index (χ1) is 8.22. The third kappa shape index (κ3) is 2.76. The van der Waals surface area contributed by atoms with Crippen LogP contribution in [-0.2, 0) is 4.74 Å². The summed E-state index contributed by atoms with van der Waals surface area (Å²) in [4.78, 5) is 6.67. The van der Waals surface area contributed by atoms with Gasteiger partial charge in [0.2, 0.25) is 0 Å². The van der Waals surface area contributed by atoms with Gasteiger partial charge in [-0.25, -0.2) is 0 Å². The molecule has 0 amide bonds. The predicted molar refractivity (Wildman–Crippen MR) is 69.1 cm³/mol. The molecule has 1 aromatic heterocycles. The Balaban J connectivity index is 2.06. The predicted octanol–water partition coefficient (Wildman–Crippen LogP) is 1.72. The van der Waals surface area contributed by atoms with Crippen molar-refractivity contribution in [3.05, 3.63) is 24.0 Å². The van der Waals surface area contributed by atoms with Crippen molar-refractivity contribution in [1.82, 2.24) is 4.98 Å². The molecule has 1 aliphatic heterocycles. The lowest BCUT2D eigenvalue weighted by molar-refractivity contribution is 0.193. The van der Waals surface area contributed by atoms with Gasteiger partial charge in [0.15, 0.2) is 0 Å². The topological polar surface area (TPSA) is 51.4 Å².